The van der Waals surface area contributed by atoms with Crippen molar-refractivity contribution in [1.29, 1.82) is 0 Å². The van der Waals surface area contributed by atoms with E-state index < -0.39 is 23.0 Å². The largest absolute Gasteiger partial charge is 0.434 e. The molecule has 5 nitrogen and oxygen atoms in total. The minimum absolute atomic E-state index is 0.0387. The van der Waals surface area contributed by atoms with E-state index in [0.717, 1.165) is 17.2 Å². The molecule has 1 aliphatic carbocycles. The van der Waals surface area contributed by atoms with Crippen LogP contribution in [-0.2, 0) is 6.18 Å². The van der Waals surface area contributed by atoms with E-state index in [1.807, 2.05) is 0 Å². The SMILES string of the molecule is O=c1c(-c2cnn(C3CC3)c2)c(C(F)(F)F)nc2ccccn12. The zero-order valence-electron chi connectivity index (χ0n) is 11.8. The van der Waals surface area contributed by atoms with Crippen LogP contribution in [0, 0.1) is 0 Å². The van der Waals surface area contributed by atoms with Crippen LogP contribution in [0.15, 0.2) is 41.6 Å². The molecular weight excluding hydrogens is 309 g/mol. The number of halogens is 3. The average molecular weight is 320 g/mol. The number of hydrogen-bond acceptors (Lipinski definition) is 3. The number of aromatic nitrogens is 4. The molecule has 0 saturated heterocycles. The fraction of sp³-hybridized carbons (Fsp3) is 0.267. The molecule has 0 radical (unpaired) electrons. The lowest BCUT2D eigenvalue weighted by Gasteiger charge is -2.12. The molecule has 3 aromatic heterocycles. The molecule has 4 rings (SSSR count). The molecular formula is C15H11F3N4O. The zero-order chi connectivity index (χ0) is 16.2. The highest BCUT2D eigenvalue weighted by Crippen LogP contribution is 2.37. The first-order chi connectivity index (χ1) is 10.9. The predicted molar refractivity (Wildman–Crippen MR) is 76.0 cm³/mol. The van der Waals surface area contributed by atoms with Crippen molar-refractivity contribution >= 4 is 5.65 Å². The van der Waals surface area contributed by atoms with Crippen LogP contribution in [0.1, 0.15) is 24.6 Å². The Kier molecular flexibility index (Phi) is 2.84. The van der Waals surface area contributed by atoms with Crippen molar-refractivity contribution in [2.45, 2.75) is 25.1 Å². The lowest BCUT2D eigenvalue weighted by atomic mass is 10.1. The van der Waals surface area contributed by atoms with Crippen molar-refractivity contribution in [2.75, 3.05) is 0 Å². The summed E-state index contributed by atoms with van der Waals surface area (Å²) in [5.74, 6) is 0. The maximum absolute atomic E-state index is 13.4. The fourth-order valence-corrected chi connectivity index (χ4v) is 2.56. The second-order valence-corrected chi connectivity index (χ2v) is 5.51. The summed E-state index contributed by atoms with van der Waals surface area (Å²) < 4.78 is 42.9. The molecule has 8 heteroatoms. The van der Waals surface area contributed by atoms with Gasteiger partial charge in [0, 0.05) is 18.0 Å². The summed E-state index contributed by atoms with van der Waals surface area (Å²) in [6, 6.07) is 4.69. The Morgan fingerprint density at radius 3 is 2.70 bits per heavy atom. The van der Waals surface area contributed by atoms with Gasteiger partial charge in [0.15, 0.2) is 5.69 Å². The monoisotopic (exact) mass is 320 g/mol. The third-order valence-electron chi connectivity index (χ3n) is 3.81. The molecule has 0 unspecified atom stereocenters. The van der Waals surface area contributed by atoms with Crippen molar-refractivity contribution in [3.05, 3.63) is 52.8 Å². The first-order valence-electron chi connectivity index (χ1n) is 7.08. The lowest BCUT2D eigenvalue weighted by molar-refractivity contribution is -0.140. The molecule has 23 heavy (non-hydrogen) atoms. The smallest absolute Gasteiger partial charge is 0.269 e. The maximum Gasteiger partial charge on any atom is 0.434 e. The second-order valence-electron chi connectivity index (χ2n) is 5.51. The van der Waals surface area contributed by atoms with Crippen LogP contribution in [0.3, 0.4) is 0 Å². The van der Waals surface area contributed by atoms with Crippen LogP contribution in [0.5, 0.6) is 0 Å². The molecule has 0 N–H and O–H groups in total. The molecule has 1 saturated carbocycles. The third-order valence-corrected chi connectivity index (χ3v) is 3.81. The van der Waals surface area contributed by atoms with Crippen LogP contribution >= 0.6 is 0 Å². The highest BCUT2D eigenvalue weighted by molar-refractivity contribution is 5.66. The maximum atomic E-state index is 13.4. The Labute approximate surface area is 128 Å². The summed E-state index contributed by atoms with van der Waals surface area (Å²) >= 11 is 0. The van der Waals surface area contributed by atoms with Gasteiger partial charge >= 0.3 is 6.18 Å². The van der Waals surface area contributed by atoms with Crippen molar-refractivity contribution in [1.82, 2.24) is 19.2 Å². The molecule has 3 heterocycles. The first-order valence-corrected chi connectivity index (χ1v) is 7.08. The summed E-state index contributed by atoms with van der Waals surface area (Å²) in [5.41, 5.74) is -2.29. The number of rotatable bonds is 2. The average Bonchev–Trinajstić information content (AvgIpc) is 3.25. The Morgan fingerprint density at radius 1 is 1.22 bits per heavy atom. The standard InChI is InChI=1S/C15H11F3N4O/c16-15(17,18)13-12(9-7-19-22(8-9)10-4-5-10)14(23)21-6-2-1-3-11(21)20-13/h1-3,6-8,10H,4-5H2. The van der Waals surface area contributed by atoms with E-state index in [2.05, 4.69) is 10.1 Å². The molecule has 0 bridgehead atoms. The molecule has 0 aromatic carbocycles. The lowest BCUT2D eigenvalue weighted by Crippen LogP contribution is -2.23. The predicted octanol–water partition coefficient (Wildman–Crippen LogP) is 2.91. The highest BCUT2D eigenvalue weighted by atomic mass is 19.4. The molecule has 118 valence electrons. The van der Waals surface area contributed by atoms with E-state index in [0.29, 0.717) is 0 Å². The number of pyridine rings is 1. The Morgan fingerprint density at radius 2 is 2.00 bits per heavy atom. The Hall–Kier alpha value is -2.64. The minimum atomic E-state index is -4.72. The summed E-state index contributed by atoms with van der Waals surface area (Å²) in [6.45, 7) is 0. The summed E-state index contributed by atoms with van der Waals surface area (Å²) in [4.78, 5) is 16.2. The topological polar surface area (TPSA) is 52.2 Å². The van der Waals surface area contributed by atoms with Crippen molar-refractivity contribution in [3.8, 4) is 11.1 Å². The van der Waals surface area contributed by atoms with Gasteiger partial charge < -0.3 is 0 Å². The normalized spacial score (nSPS) is 15.3. The molecule has 0 aliphatic heterocycles. The zero-order valence-corrected chi connectivity index (χ0v) is 11.8. The van der Waals surface area contributed by atoms with Gasteiger partial charge in [0.1, 0.15) is 5.65 Å². The minimum Gasteiger partial charge on any atom is -0.269 e. The Balaban J connectivity index is 2.02. The van der Waals surface area contributed by atoms with Gasteiger partial charge in [0.05, 0.1) is 17.8 Å². The molecule has 1 fully saturated rings. The Bertz CT molecular complexity index is 953. The van der Waals surface area contributed by atoms with E-state index in [-0.39, 0.29) is 17.3 Å². The molecule has 3 aromatic rings. The van der Waals surface area contributed by atoms with Gasteiger partial charge in [-0.1, -0.05) is 6.07 Å². The van der Waals surface area contributed by atoms with E-state index >= 15 is 0 Å². The van der Waals surface area contributed by atoms with Gasteiger partial charge in [-0.05, 0) is 25.0 Å². The summed E-state index contributed by atoms with van der Waals surface area (Å²) in [5, 5.41) is 4.07. The van der Waals surface area contributed by atoms with Crippen LogP contribution in [-0.4, -0.2) is 19.2 Å². The highest BCUT2D eigenvalue weighted by Gasteiger charge is 2.38. The van der Waals surface area contributed by atoms with Crippen molar-refractivity contribution < 1.29 is 13.2 Å². The van der Waals surface area contributed by atoms with Crippen LogP contribution in [0.4, 0.5) is 13.2 Å². The van der Waals surface area contributed by atoms with Gasteiger partial charge in [0.2, 0.25) is 0 Å². The summed E-state index contributed by atoms with van der Waals surface area (Å²) in [6.07, 6.45) is 1.35. The fourth-order valence-electron chi connectivity index (χ4n) is 2.56. The molecule has 1 aliphatic rings. The quantitative estimate of drug-likeness (QED) is 0.729. The van der Waals surface area contributed by atoms with Gasteiger partial charge in [-0.2, -0.15) is 18.3 Å². The van der Waals surface area contributed by atoms with Gasteiger partial charge in [0.25, 0.3) is 5.56 Å². The number of alkyl halides is 3. The van der Waals surface area contributed by atoms with Gasteiger partial charge in [-0.15, -0.1) is 0 Å². The number of fused-ring (bicyclic) bond motifs is 1. The van der Waals surface area contributed by atoms with E-state index in [9.17, 15) is 18.0 Å². The molecule has 0 amide bonds. The van der Waals surface area contributed by atoms with Crippen LogP contribution in [0.25, 0.3) is 16.8 Å². The molecule has 0 atom stereocenters. The van der Waals surface area contributed by atoms with Crippen LogP contribution in [0.2, 0.25) is 0 Å². The van der Waals surface area contributed by atoms with Crippen molar-refractivity contribution in [3.63, 3.8) is 0 Å². The van der Waals surface area contributed by atoms with E-state index in [4.69, 9.17) is 0 Å². The van der Waals surface area contributed by atoms with Crippen molar-refractivity contribution in [2.24, 2.45) is 0 Å². The first kappa shape index (κ1) is 14.0. The molecule has 0 spiro atoms. The number of hydrogen-bond donors (Lipinski definition) is 0. The second kappa shape index (κ2) is 4.68. The van der Waals surface area contributed by atoms with Gasteiger partial charge in [-0.25, -0.2) is 4.98 Å². The van der Waals surface area contributed by atoms with Crippen LogP contribution < -0.4 is 5.56 Å². The van der Waals surface area contributed by atoms with E-state index in [1.165, 1.54) is 30.7 Å². The van der Waals surface area contributed by atoms with E-state index in [1.54, 1.807) is 10.7 Å². The summed E-state index contributed by atoms with van der Waals surface area (Å²) in [7, 11) is 0. The van der Waals surface area contributed by atoms with Gasteiger partial charge in [-0.3, -0.25) is 13.9 Å². The number of nitrogens with zero attached hydrogens (tertiary/aromatic N) is 4. The third kappa shape index (κ3) is 2.30.